The third-order valence-corrected chi connectivity index (χ3v) is 2.16. The van der Waals surface area contributed by atoms with Crippen LogP contribution in [0, 0.1) is 0 Å². The van der Waals surface area contributed by atoms with Crippen LogP contribution in [0.4, 0.5) is 0 Å². The van der Waals surface area contributed by atoms with E-state index in [1.807, 2.05) is 0 Å². The topological polar surface area (TPSA) is 37.3 Å². The van der Waals surface area contributed by atoms with Gasteiger partial charge < -0.3 is 9.90 Å². The lowest BCUT2D eigenvalue weighted by Crippen LogP contribution is -1.87. The molecule has 0 heterocycles. The fourth-order valence-corrected chi connectivity index (χ4v) is 1.38. The molecule has 1 N–H and O–H groups in total. The van der Waals surface area contributed by atoms with Crippen molar-refractivity contribution in [1.29, 1.82) is 0 Å². The summed E-state index contributed by atoms with van der Waals surface area (Å²) in [6, 6.07) is 4.89. The molecule has 0 aliphatic rings. The SMILES string of the molecule is O=CCCCc1ccc(O)cc1Cl. The second-order valence-corrected chi connectivity index (χ2v) is 3.24. The number of phenolic OH excluding ortho intramolecular Hbond substituents is 1. The second kappa shape index (κ2) is 4.87. The van der Waals surface area contributed by atoms with E-state index in [0.717, 1.165) is 24.7 Å². The van der Waals surface area contributed by atoms with Crippen molar-refractivity contribution in [2.75, 3.05) is 0 Å². The van der Waals surface area contributed by atoms with Crippen molar-refractivity contribution in [2.24, 2.45) is 0 Å². The van der Waals surface area contributed by atoms with Crippen LogP contribution in [0.1, 0.15) is 18.4 Å². The van der Waals surface area contributed by atoms with Crippen LogP contribution in [0.25, 0.3) is 0 Å². The van der Waals surface area contributed by atoms with Crippen LogP contribution in [0.15, 0.2) is 18.2 Å². The minimum absolute atomic E-state index is 0.170. The summed E-state index contributed by atoms with van der Waals surface area (Å²) in [5.41, 5.74) is 0.973. The lowest BCUT2D eigenvalue weighted by molar-refractivity contribution is -0.107. The van der Waals surface area contributed by atoms with Crippen LogP contribution >= 0.6 is 11.6 Å². The molecule has 3 heteroatoms. The summed E-state index contributed by atoms with van der Waals surface area (Å²) >= 11 is 5.86. The van der Waals surface area contributed by atoms with Crippen LogP contribution in [0.5, 0.6) is 5.75 Å². The van der Waals surface area contributed by atoms with Gasteiger partial charge in [-0.2, -0.15) is 0 Å². The summed E-state index contributed by atoms with van der Waals surface area (Å²) in [5.74, 6) is 0.170. The van der Waals surface area contributed by atoms with Gasteiger partial charge in [0.05, 0.1) is 0 Å². The lowest BCUT2D eigenvalue weighted by Gasteiger charge is -2.02. The summed E-state index contributed by atoms with van der Waals surface area (Å²) in [6.07, 6.45) is 3.03. The number of aryl methyl sites for hydroxylation is 1. The highest BCUT2D eigenvalue weighted by Crippen LogP contribution is 2.22. The van der Waals surface area contributed by atoms with Crippen LogP contribution in [-0.4, -0.2) is 11.4 Å². The van der Waals surface area contributed by atoms with Gasteiger partial charge in [-0.3, -0.25) is 0 Å². The van der Waals surface area contributed by atoms with E-state index in [9.17, 15) is 4.79 Å². The average Bonchev–Trinajstić information content (AvgIpc) is 2.09. The minimum Gasteiger partial charge on any atom is -0.508 e. The number of hydrogen-bond acceptors (Lipinski definition) is 2. The number of hydrogen-bond donors (Lipinski definition) is 1. The van der Waals surface area contributed by atoms with Gasteiger partial charge in [0.15, 0.2) is 0 Å². The summed E-state index contributed by atoms with van der Waals surface area (Å²) < 4.78 is 0. The van der Waals surface area contributed by atoms with Crippen molar-refractivity contribution in [3.05, 3.63) is 28.8 Å². The molecule has 1 aromatic carbocycles. The first-order valence-electron chi connectivity index (χ1n) is 4.15. The molecule has 0 radical (unpaired) electrons. The maximum atomic E-state index is 10.1. The van der Waals surface area contributed by atoms with Gasteiger partial charge in [0, 0.05) is 11.4 Å². The van der Waals surface area contributed by atoms with Gasteiger partial charge in [0.1, 0.15) is 12.0 Å². The Labute approximate surface area is 82.2 Å². The van der Waals surface area contributed by atoms with Crippen molar-refractivity contribution in [3.63, 3.8) is 0 Å². The van der Waals surface area contributed by atoms with Gasteiger partial charge in [0.25, 0.3) is 0 Å². The number of aromatic hydroxyl groups is 1. The van der Waals surface area contributed by atoms with Crippen LogP contribution in [0.3, 0.4) is 0 Å². The molecule has 1 rings (SSSR count). The third kappa shape index (κ3) is 3.07. The minimum atomic E-state index is 0.170. The first-order valence-corrected chi connectivity index (χ1v) is 4.53. The van der Waals surface area contributed by atoms with Gasteiger partial charge >= 0.3 is 0 Å². The third-order valence-electron chi connectivity index (χ3n) is 1.80. The lowest BCUT2D eigenvalue weighted by atomic mass is 10.1. The number of aldehydes is 1. The molecule has 0 atom stereocenters. The Morgan fingerprint density at radius 1 is 1.46 bits per heavy atom. The van der Waals surface area contributed by atoms with Gasteiger partial charge in [0.2, 0.25) is 0 Å². The molecular weight excluding hydrogens is 188 g/mol. The average molecular weight is 199 g/mol. The molecule has 13 heavy (non-hydrogen) atoms. The van der Waals surface area contributed by atoms with Crippen molar-refractivity contribution < 1.29 is 9.90 Å². The normalized spacial score (nSPS) is 9.92. The number of halogens is 1. The van der Waals surface area contributed by atoms with E-state index in [1.54, 1.807) is 12.1 Å². The molecule has 70 valence electrons. The van der Waals surface area contributed by atoms with E-state index in [-0.39, 0.29) is 5.75 Å². The molecule has 0 fully saturated rings. The molecule has 0 aliphatic heterocycles. The second-order valence-electron chi connectivity index (χ2n) is 2.83. The predicted molar refractivity (Wildman–Crippen MR) is 52.1 cm³/mol. The Kier molecular flexibility index (Phi) is 3.77. The molecule has 1 aromatic rings. The summed E-state index contributed by atoms with van der Waals surface area (Å²) in [7, 11) is 0. The molecule has 0 unspecified atom stereocenters. The highest BCUT2D eigenvalue weighted by Gasteiger charge is 2.00. The molecule has 2 nitrogen and oxygen atoms in total. The first-order chi connectivity index (χ1) is 6.24. The van der Waals surface area contributed by atoms with Gasteiger partial charge in [-0.05, 0) is 30.5 Å². The summed E-state index contributed by atoms with van der Waals surface area (Å²) in [4.78, 5) is 10.1. The zero-order valence-corrected chi connectivity index (χ0v) is 7.92. The number of rotatable bonds is 4. The molecular formula is C10H11ClO2. The monoisotopic (exact) mass is 198 g/mol. The van der Waals surface area contributed by atoms with E-state index in [4.69, 9.17) is 16.7 Å². The smallest absolute Gasteiger partial charge is 0.120 e. The van der Waals surface area contributed by atoms with E-state index in [2.05, 4.69) is 0 Å². The number of carbonyl (C=O) groups is 1. The van der Waals surface area contributed by atoms with Crippen molar-refractivity contribution in [2.45, 2.75) is 19.3 Å². The maximum Gasteiger partial charge on any atom is 0.120 e. The fourth-order valence-electron chi connectivity index (χ4n) is 1.11. The van der Waals surface area contributed by atoms with Crippen LogP contribution < -0.4 is 0 Å². The Morgan fingerprint density at radius 2 is 2.23 bits per heavy atom. The Balaban J connectivity index is 2.61. The first kappa shape index (κ1) is 10.1. The standard InChI is InChI=1S/C10H11ClO2/c11-10-7-9(13)5-4-8(10)3-1-2-6-12/h4-7,13H,1-3H2. The van der Waals surface area contributed by atoms with Gasteiger partial charge in [-0.25, -0.2) is 0 Å². The molecule has 0 bridgehead atoms. The maximum absolute atomic E-state index is 10.1. The zero-order chi connectivity index (χ0) is 9.68. The Morgan fingerprint density at radius 3 is 2.85 bits per heavy atom. The van der Waals surface area contributed by atoms with E-state index < -0.39 is 0 Å². The predicted octanol–water partition coefficient (Wildman–Crippen LogP) is 2.57. The molecule has 0 aromatic heterocycles. The van der Waals surface area contributed by atoms with Crippen molar-refractivity contribution in [1.82, 2.24) is 0 Å². The number of benzene rings is 1. The van der Waals surface area contributed by atoms with E-state index in [0.29, 0.717) is 11.4 Å². The fraction of sp³-hybridized carbons (Fsp3) is 0.300. The summed E-state index contributed by atoms with van der Waals surface area (Å²) in [5, 5.41) is 9.63. The number of carbonyl (C=O) groups excluding carboxylic acids is 1. The largest absolute Gasteiger partial charge is 0.508 e. The summed E-state index contributed by atoms with van der Waals surface area (Å²) in [6.45, 7) is 0. The Hall–Kier alpha value is -1.02. The number of unbranched alkanes of at least 4 members (excludes halogenated alkanes) is 1. The van der Waals surface area contributed by atoms with E-state index >= 15 is 0 Å². The number of phenols is 1. The van der Waals surface area contributed by atoms with Crippen LogP contribution in [0.2, 0.25) is 5.02 Å². The Bertz CT molecular complexity index is 297. The van der Waals surface area contributed by atoms with Crippen molar-refractivity contribution >= 4 is 17.9 Å². The van der Waals surface area contributed by atoms with E-state index in [1.165, 1.54) is 6.07 Å². The molecule has 0 amide bonds. The highest BCUT2D eigenvalue weighted by molar-refractivity contribution is 6.31. The zero-order valence-electron chi connectivity index (χ0n) is 7.16. The van der Waals surface area contributed by atoms with Crippen molar-refractivity contribution in [3.8, 4) is 5.75 Å². The molecule has 0 saturated carbocycles. The molecule has 0 saturated heterocycles. The van der Waals surface area contributed by atoms with Gasteiger partial charge in [-0.15, -0.1) is 0 Å². The van der Waals surface area contributed by atoms with Gasteiger partial charge in [-0.1, -0.05) is 17.7 Å². The van der Waals surface area contributed by atoms with Crippen LogP contribution in [-0.2, 0) is 11.2 Å². The quantitative estimate of drug-likeness (QED) is 0.597. The molecule has 0 aliphatic carbocycles. The molecule has 0 spiro atoms. The highest BCUT2D eigenvalue weighted by atomic mass is 35.5.